The number of furan rings is 1. The van der Waals surface area contributed by atoms with Gasteiger partial charge in [-0.25, -0.2) is 0 Å². The molecule has 1 saturated heterocycles. The molecule has 1 aliphatic rings. The van der Waals surface area contributed by atoms with Crippen molar-refractivity contribution >= 4 is 11.9 Å². The van der Waals surface area contributed by atoms with Crippen LogP contribution < -0.4 is 5.32 Å². The van der Waals surface area contributed by atoms with Crippen molar-refractivity contribution in [3.8, 4) is 0 Å². The summed E-state index contributed by atoms with van der Waals surface area (Å²) in [7, 11) is 0. The van der Waals surface area contributed by atoms with Crippen molar-refractivity contribution in [3.05, 3.63) is 24.2 Å². The fraction of sp³-hybridized carbons (Fsp3) is 0.667. The number of rotatable bonds is 7. The fourth-order valence-electron chi connectivity index (χ4n) is 2.67. The number of hydrogen-bond acceptors (Lipinski definition) is 4. The summed E-state index contributed by atoms with van der Waals surface area (Å²) >= 11 is 0. The maximum absolute atomic E-state index is 12.3. The molecule has 0 aliphatic carbocycles. The predicted molar refractivity (Wildman–Crippen MR) is 97.9 cm³/mol. The van der Waals surface area contributed by atoms with E-state index in [1.807, 2.05) is 18.7 Å². The maximum atomic E-state index is 12.3. The SMILES string of the molecule is CCNC(=NCCCOC(C)C)N1CCN(C(=O)c2ccco2)CC1. The molecule has 0 saturated carbocycles. The zero-order valence-corrected chi connectivity index (χ0v) is 15.5. The van der Waals surface area contributed by atoms with Gasteiger partial charge in [0.1, 0.15) is 0 Å². The van der Waals surface area contributed by atoms with Crippen LogP contribution in [0.5, 0.6) is 0 Å². The maximum Gasteiger partial charge on any atom is 0.289 e. The summed E-state index contributed by atoms with van der Waals surface area (Å²) in [6, 6.07) is 3.45. The summed E-state index contributed by atoms with van der Waals surface area (Å²) < 4.78 is 10.8. The van der Waals surface area contributed by atoms with Gasteiger partial charge in [0.15, 0.2) is 11.7 Å². The van der Waals surface area contributed by atoms with Gasteiger partial charge in [-0.1, -0.05) is 0 Å². The molecule has 1 fully saturated rings. The van der Waals surface area contributed by atoms with Crippen LogP contribution in [0.1, 0.15) is 37.7 Å². The predicted octanol–water partition coefficient (Wildman–Crippen LogP) is 1.82. The summed E-state index contributed by atoms with van der Waals surface area (Å²) in [6.07, 6.45) is 2.70. The van der Waals surface area contributed by atoms with E-state index < -0.39 is 0 Å². The van der Waals surface area contributed by atoms with Crippen LogP contribution in [0.25, 0.3) is 0 Å². The van der Waals surface area contributed by atoms with E-state index in [0.29, 0.717) is 18.8 Å². The average molecular weight is 350 g/mol. The van der Waals surface area contributed by atoms with Gasteiger partial charge in [-0.3, -0.25) is 9.79 Å². The first-order chi connectivity index (χ1) is 12.1. The van der Waals surface area contributed by atoms with Crippen LogP contribution in [-0.2, 0) is 4.74 Å². The molecule has 0 unspecified atom stereocenters. The molecule has 1 N–H and O–H groups in total. The molecule has 2 rings (SSSR count). The Kier molecular flexibility index (Phi) is 7.78. The van der Waals surface area contributed by atoms with Crippen LogP contribution in [0.2, 0.25) is 0 Å². The highest BCUT2D eigenvalue weighted by molar-refractivity contribution is 5.91. The van der Waals surface area contributed by atoms with E-state index >= 15 is 0 Å². The van der Waals surface area contributed by atoms with E-state index in [-0.39, 0.29) is 12.0 Å². The molecule has 1 aromatic heterocycles. The summed E-state index contributed by atoms with van der Waals surface area (Å²) in [4.78, 5) is 21.0. The molecule has 0 spiro atoms. The zero-order valence-electron chi connectivity index (χ0n) is 15.5. The first kappa shape index (κ1) is 19.3. The van der Waals surface area contributed by atoms with Gasteiger partial charge in [0.2, 0.25) is 0 Å². The second-order valence-electron chi connectivity index (χ2n) is 6.27. The number of nitrogens with one attached hydrogen (secondary N) is 1. The molecule has 25 heavy (non-hydrogen) atoms. The monoisotopic (exact) mass is 350 g/mol. The minimum absolute atomic E-state index is 0.0441. The van der Waals surface area contributed by atoms with Crippen molar-refractivity contribution in [2.24, 2.45) is 4.99 Å². The minimum Gasteiger partial charge on any atom is -0.459 e. The molecule has 1 aliphatic heterocycles. The molecule has 2 heterocycles. The number of nitrogens with zero attached hydrogens (tertiary/aromatic N) is 3. The lowest BCUT2D eigenvalue weighted by molar-refractivity contribution is 0.0657. The molecule has 0 radical (unpaired) electrons. The van der Waals surface area contributed by atoms with Gasteiger partial charge in [0, 0.05) is 45.9 Å². The Bertz CT molecular complexity index is 535. The lowest BCUT2D eigenvalue weighted by Gasteiger charge is -2.36. The summed E-state index contributed by atoms with van der Waals surface area (Å²) in [5.74, 6) is 1.27. The van der Waals surface area contributed by atoms with E-state index in [2.05, 4.69) is 22.1 Å². The number of carbonyl (C=O) groups is 1. The van der Waals surface area contributed by atoms with Crippen LogP contribution in [0.3, 0.4) is 0 Å². The molecule has 0 bridgehead atoms. The van der Waals surface area contributed by atoms with Gasteiger partial charge in [0.25, 0.3) is 5.91 Å². The van der Waals surface area contributed by atoms with E-state index in [9.17, 15) is 4.79 Å². The van der Waals surface area contributed by atoms with Crippen LogP contribution in [0.15, 0.2) is 27.8 Å². The molecule has 1 amide bonds. The normalized spacial score (nSPS) is 15.8. The molecular weight excluding hydrogens is 320 g/mol. The third-order valence-corrected chi connectivity index (χ3v) is 3.95. The van der Waals surface area contributed by atoms with E-state index in [1.165, 1.54) is 6.26 Å². The third-order valence-electron chi connectivity index (χ3n) is 3.95. The Morgan fingerprint density at radius 1 is 1.32 bits per heavy atom. The molecule has 0 aromatic carbocycles. The van der Waals surface area contributed by atoms with Gasteiger partial charge in [-0.2, -0.15) is 0 Å². The fourth-order valence-corrected chi connectivity index (χ4v) is 2.67. The van der Waals surface area contributed by atoms with Crippen LogP contribution in [0, 0.1) is 0 Å². The third kappa shape index (κ3) is 6.08. The van der Waals surface area contributed by atoms with Gasteiger partial charge in [-0.15, -0.1) is 0 Å². The standard InChI is InChI=1S/C18H30N4O3/c1-4-19-18(20-8-6-14-24-15(2)3)22-11-9-21(10-12-22)17(23)16-7-5-13-25-16/h5,7,13,15H,4,6,8-12,14H2,1-3H3,(H,19,20). The zero-order chi connectivity index (χ0) is 18.1. The number of amides is 1. The lowest BCUT2D eigenvalue weighted by atomic mass is 10.3. The molecule has 1 aromatic rings. The van der Waals surface area contributed by atoms with Crippen LogP contribution >= 0.6 is 0 Å². The summed E-state index contributed by atoms with van der Waals surface area (Å²) in [6.45, 7) is 11.3. The molecule has 140 valence electrons. The number of carbonyl (C=O) groups excluding carboxylic acids is 1. The Morgan fingerprint density at radius 3 is 2.64 bits per heavy atom. The Hall–Kier alpha value is -2.02. The molecule has 7 heteroatoms. The first-order valence-corrected chi connectivity index (χ1v) is 9.09. The number of piperazine rings is 1. The van der Waals surface area contributed by atoms with Gasteiger partial charge < -0.3 is 24.3 Å². The second-order valence-corrected chi connectivity index (χ2v) is 6.27. The van der Waals surface area contributed by atoms with E-state index in [0.717, 1.165) is 45.2 Å². The van der Waals surface area contributed by atoms with Gasteiger partial charge >= 0.3 is 0 Å². The molecule has 7 nitrogen and oxygen atoms in total. The van der Waals surface area contributed by atoms with Gasteiger partial charge in [-0.05, 0) is 39.3 Å². The Balaban J connectivity index is 1.81. The minimum atomic E-state index is -0.0441. The average Bonchev–Trinajstić information content (AvgIpc) is 3.14. The van der Waals surface area contributed by atoms with Crippen molar-refractivity contribution in [1.82, 2.24) is 15.1 Å². The van der Waals surface area contributed by atoms with Crippen molar-refractivity contribution in [2.45, 2.75) is 33.3 Å². The number of ether oxygens (including phenoxy) is 1. The van der Waals surface area contributed by atoms with Gasteiger partial charge in [0.05, 0.1) is 12.4 Å². The van der Waals surface area contributed by atoms with Crippen molar-refractivity contribution in [2.75, 3.05) is 45.9 Å². The lowest BCUT2D eigenvalue weighted by Crippen LogP contribution is -2.53. The van der Waals surface area contributed by atoms with Crippen molar-refractivity contribution < 1.29 is 13.9 Å². The van der Waals surface area contributed by atoms with Crippen LogP contribution in [0.4, 0.5) is 0 Å². The number of guanidine groups is 1. The Labute approximate surface area is 150 Å². The summed E-state index contributed by atoms with van der Waals surface area (Å²) in [5.41, 5.74) is 0. The number of hydrogen-bond donors (Lipinski definition) is 1. The topological polar surface area (TPSA) is 70.3 Å². The second kappa shape index (κ2) is 10.1. The van der Waals surface area contributed by atoms with Crippen molar-refractivity contribution in [1.29, 1.82) is 0 Å². The quantitative estimate of drug-likeness (QED) is 0.461. The van der Waals surface area contributed by atoms with Crippen molar-refractivity contribution in [3.63, 3.8) is 0 Å². The highest BCUT2D eigenvalue weighted by Gasteiger charge is 2.25. The Morgan fingerprint density at radius 2 is 2.04 bits per heavy atom. The van der Waals surface area contributed by atoms with E-state index in [1.54, 1.807) is 12.1 Å². The highest BCUT2D eigenvalue weighted by atomic mass is 16.5. The highest BCUT2D eigenvalue weighted by Crippen LogP contribution is 2.09. The molecular formula is C18H30N4O3. The van der Waals surface area contributed by atoms with Crippen LogP contribution in [-0.4, -0.2) is 73.6 Å². The smallest absolute Gasteiger partial charge is 0.289 e. The molecule has 0 atom stereocenters. The van der Waals surface area contributed by atoms with E-state index in [4.69, 9.17) is 9.15 Å². The summed E-state index contributed by atoms with van der Waals surface area (Å²) in [5, 5.41) is 3.34. The largest absolute Gasteiger partial charge is 0.459 e. The number of aliphatic imine (C=N–C) groups is 1. The first-order valence-electron chi connectivity index (χ1n) is 9.09.